The van der Waals surface area contributed by atoms with Gasteiger partial charge in [0.1, 0.15) is 0 Å². The van der Waals surface area contributed by atoms with Crippen LogP contribution in [0.3, 0.4) is 0 Å². The van der Waals surface area contributed by atoms with E-state index in [1.807, 2.05) is 49.4 Å². The Bertz CT molecular complexity index is 1150. The lowest BCUT2D eigenvalue weighted by Gasteiger charge is -2.11. The zero-order valence-corrected chi connectivity index (χ0v) is 17.1. The largest absolute Gasteiger partial charge is 0.322 e. The van der Waals surface area contributed by atoms with Gasteiger partial charge in [0.05, 0.1) is 4.90 Å². The van der Waals surface area contributed by atoms with Crippen molar-refractivity contribution in [3.05, 3.63) is 76.7 Å². The number of primary sulfonamides is 1. The molecule has 0 saturated carbocycles. The predicted octanol–water partition coefficient (Wildman–Crippen LogP) is 4.33. The molecular weight excluding hydrogens is 392 g/mol. The summed E-state index contributed by atoms with van der Waals surface area (Å²) in [5.41, 5.74) is 3.07. The number of nitrogens with one attached hydrogen (secondary N) is 1. The van der Waals surface area contributed by atoms with Gasteiger partial charge in [-0.1, -0.05) is 30.3 Å². The van der Waals surface area contributed by atoms with E-state index in [0.29, 0.717) is 5.69 Å². The van der Waals surface area contributed by atoms with Crippen LogP contribution >= 0.6 is 11.3 Å². The molecule has 2 aromatic carbocycles. The summed E-state index contributed by atoms with van der Waals surface area (Å²) < 4.78 is 23.2. The molecule has 1 heterocycles. The fourth-order valence-electron chi connectivity index (χ4n) is 2.65. The first-order valence-electron chi connectivity index (χ1n) is 8.52. The molecule has 3 N–H and O–H groups in total. The third-order valence-electron chi connectivity index (χ3n) is 4.31. The van der Waals surface area contributed by atoms with Gasteiger partial charge in [-0.2, -0.15) is 0 Å². The van der Waals surface area contributed by atoms with Gasteiger partial charge in [0, 0.05) is 21.5 Å². The van der Waals surface area contributed by atoms with Crippen molar-refractivity contribution in [2.75, 3.05) is 5.32 Å². The van der Waals surface area contributed by atoms with Crippen LogP contribution in [-0.4, -0.2) is 14.3 Å². The summed E-state index contributed by atoms with van der Waals surface area (Å²) in [5.74, 6) is -0.344. The van der Waals surface area contributed by atoms with Crippen LogP contribution in [-0.2, 0) is 14.8 Å². The lowest BCUT2D eigenvalue weighted by molar-refractivity contribution is -0.111. The van der Waals surface area contributed by atoms with Gasteiger partial charge >= 0.3 is 0 Å². The summed E-state index contributed by atoms with van der Waals surface area (Å²) in [6.07, 6.45) is 3.16. The van der Waals surface area contributed by atoms with Crippen molar-refractivity contribution in [1.82, 2.24) is 0 Å². The summed E-state index contributed by atoms with van der Waals surface area (Å²) in [6, 6.07) is 16.8. The molecule has 0 aliphatic carbocycles. The second kappa shape index (κ2) is 8.10. The molecule has 3 rings (SSSR count). The Morgan fingerprint density at radius 3 is 2.46 bits per heavy atom. The average Bonchev–Trinajstić information content (AvgIpc) is 3.12. The quantitative estimate of drug-likeness (QED) is 0.611. The number of nitrogens with two attached hydrogens (primary N) is 1. The maximum Gasteiger partial charge on any atom is 0.248 e. The summed E-state index contributed by atoms with van der Waals surface area (Å²) >= 11 is 1.58. The highest BCUT2D eigenvalue weighted by Gasteiger charge is 2.13. The van der Waals surface area contributed by atoms with Crippen LogP contribution in [0.15, 0.2) is 65.6 Å². The van der Waals surface area contributed by atoms with Crippen LogP contribution in [0.25, 0.3) is 16.5 Å². The average molecular weight is 413 g/mol. The molecule has 0 atom stereocenters. The van der Waals surface area contributed by atoms with E-state index in [-0.39, 0.29) is 10.8 Å². The number of carbonyl (C=O) groups excluding carboxylic acids is 1. The van der Waals surface area contributed by atoms with Gasteiger partial charge in [-0.05, 0) is 60.9 Å². The van der Waals surface area contributed by atoms with Gasteiger partial charge in [0.25, 0.3) is 0 Å². The molecule has 0 radical (unpaired) electrons. The number of hydrogen-bond donors (Lipinski definition) is 2. The van der Waals surface area contributed by atoms with Crippen molar-refractivity contribution >= 4 is 39.0 Å². The fourth-order valence-corrected chi connectivity index (χ4v) is 4.19. The van der Waals surface area contributed by atoms with Crippen LogP contribution < -0.4 is 10.5 Å². The van der Waals surface area contributed by atoms with Gasteiger partial charge in [-0.15, -0.1) is 11.3 Å². The first-order valence-corrected chi connectivity index (χ1v) is 10.9. The summed E-state index contributed by atoms with van der Waals surface area (Å²) in [4.78, 5) is 14.3. The van der Waals surface area contributed by atoms with Gasteiger partial charge in [-0.3, -0.25) is 4.79 Å². The number of rotatable bonds is 5. The highest BCUT2D eigenvalue weighted by molar-refractivity contribution is 7.89. The second-order valence-electron chi connectivity index (χ2n) is 6.35. The Morgan fingerprint density at radius 1 is 1.07 bits per heavy atom. The molecule has 1 amide bonds. The van der Waals surface area contributed by atoms with Crippen molar-refractivity contribution in [1.29, 1.82) is 0 Å². The first-order chi connectivity index (χ1) is 13.2. The van der Waals surface area contributed by atoms with E-state index >= 15 is 0 Å². The molecule has 0 fully saturated rings. The highest BCUT2D eigenvalue weighted by atomic mass is 32.2. The van der Waals surface area contributed by atoms with Crippen LogP contribution in [0, 0.1) is 13.8 Å². The van der Waals surface area contributed by atoms with Gasteiger partial charge < -0.3 is 5.32 Å². The third-order valence-corrected chi connectivity index (χ3v) is 6.30. The molecule has 7 heteroatoms. The van der Waals surface area contributed by atoms with Crippen LogP contribution in [0.5, 0.6) is 0 Å². The van der Waals surface area contributed by atoms with Crippen molar-refractivity contribution in [3.8, 4) is 10.4 Å². The number of carbonyl (C=O) groups is 1. The van der Waals surface area contributed by atoms with E-state index < -0.39 is 10.0 Å². The third kappa shape index (κ3) is 4.75. The molecule has 28 heavy (non-hydrogen) atoms. The fraction of sp³-hybridized carbons (Fsp3) is 0.0952. The number of hydrogen-bond acceptors (Lipinski definition) is 4. The van der Waals surface area contributed by atoms with Gasteiger partial charge in [0.2, 0.25) is 15.9 Å². The monoisotopic (exact) mass is 412 g/mol. The predicted molar refractivity (Wildman–Crippen MR) is 115 cm³/mol. The van der Waals surface area contributed by atoms with E-state index in [0.717, 1.165) is 26.4 Å². The minimum atomic E-state index is -3.85. The number of anilines is 1. The molecule has 144 valence electrons. The van der Waals surface area contributed by atoms with E-state index in [9.17, 15) is 13.2 Å². The van der Waals surface area contributed by atoms with Crippen molar-refractivity contribution < 1.29 is 13.2 Å². The van der Waals surface area contributed by atoms with Gasteiger partial charge in [-0.25, -0.2) is 13.6 Å². The molecule has 5 nitrogen and oxygen atoms in total. The maximum atomic E-state index is 12.3. The SMILES string of the molecule is Cc1cc(S(N)(=O)=O)cc(NC(=O)/C=C/c2ccc(-c3ccccc3)s2)c1C. The van der Waals surface area contributed by atoms with E-state index in [2.05, 4.69) is 5.32 Å². The highest BCUT2D eigenvalue weighted by Crippen LogP contribution is 2.28. The summed E-state index contributed by atoms with van der Waals surface area (Å²) in [5, 5.41) is 7.94. The standard InChI is InChI=1S/C21H20N2O3S2/c1-14-12-18(28(22,25)26)13-19(15(14)2)23-21(24)11-9-17-8-10-20(27-17)16-6-4-3-5-7-16/h3-13H,1-2H3,(H,23,24)(H2,22,25,26)/b11-9+. The molecule has 3 aromatic rings. The summed E-state index contributed by atoms with van der Waals surface area (Å²) in [6.45, 7) is 3.58. The smallest absolute Gasteiger partial charge is 0.248 e. The van der Waals surface area contributed by atoms with Gasteiger partial charge in [0.15, 0.2) is 0 Å². The van der Waals surface area contributed by atoms with E-state index in [1.54, 1.807) is 24.3 Å². The summed E-state index contributed by atoms with van der Waals surface area (Å²) in [7, 11) is -3.85. The molecule has 0 unspecified atom stereocenters. The minimum Gasteiger partial charge on any atom is -0.322 e. The molecule has 0 aliphatic rings. The van der Waals surface area contributed by atoms with E-state index in [4.69, 9.17) is 5.14 Å². The topological polar surface area (TPSA) is 89.3 Å². The normalized spacial score (nSPS) is 11.7. The van der Waals surface area contributed by atoms with Crippen LogP contribution in [0.2, 0.25) is 0 Å². The Hall–Kier alpha value is -2.74. The van der Waals surface area contributed by atoms with Crippen LogP contribution in [0.4, 0.5) is 5.69 Å². The lowest BCUT2D eigenvalue weighted by Crippen LogP contribution is -2.15. The Balaban J connectivity index is 1.76. The second-order valence-corrected chi connectivity index (χ2v) is 9.03. The van der Waals surface area contributed by atoms with Crippen molar-refractivity contribution in [2.45, 2.75) is 18.7 Å². The molecule has 1 aromatic heterocycles. The Morgan fingerprint density at radius 2 is 1.79 bits per heavy atom. The maximum absolute atomic E-state index is 12.3. The molecule has 0 saturated heterocycles. The lowest BCUT2D eigenvalue weighted by atomic mass is 10.1. The van der Waals surface area contributed by atoms with Crippen LogP contribution in [0.1, 0.15) is 16.0 Å². The molecule has 0 bridgehead atoms. The molecule has 0 spiro atoms. The Kier molecular flexibility index (Phi) is 5.79. The van der Waals surface area contributed by atoms with Crippen molar-refractivity contribution in [3.63, 3.8) is 0 Å². The van der Waals surface area contributed by atoms with E-state index in [1.165, 1.54) is 18.2 Å². The zero-order chi connectivity index (χ0) is 20.3. The number of amides is 1. The number of benzene rings is 2. The molecule has 0 aliphatic heterocycles. The molecular formula is C21H20N2O3S2. The number of thiophene rings is 1. The first kappa shape index (κ1) is 20.0. The minimum absolute atomic E-state index is 0.0272. The Labute approximate surface area is 168 Å². The number of aryl methyl sites for hydroxylation is 1. The zero-order valence-electron chi connectivity index (χ0n) is 15.5. The number of sulfonamides is 1. The van der Waals surface area contributed by atoms with Crippen molar-refractivity contribution in [2.24, 2.45) is 5.14 Å².